The van der Waals surface area contributed by atoms with Gasteiger partial charge in [0.25, 0.3) is 0 Å². The van der Waals surface area contributed by atoms with E-state index >= 15 is 0 Å². The van der Waals surface area contributed by atoms with Crippen LogP contribution >= 0.6 is 0 Å². The Morgan fingerprint density at radius 3 is 2.53 bits per heavy atom. The molecule has 17 heavy (non-hydrogen) atoms. The van der Waals surface area contributed by atoms with Gasteiger partial charge in [0, 0.05) is 12.6 Å². The SMILES string of the molecule is CCNS(=O)(=O)c1cccc(OC(F)(F)F)c1. The van der Waals surface area contributed by atoms with Gasteiger partial charge < -0.3 is 4.74 Å². The summed E-state index contributed by atoms with van der Waals surface area (Å²) in [6.07, 6.45) is -4.85. The lowest BCUT2D eigenvalue weighted by Crippen LogP contribution is -2.23. The summed E-state index contributed by atoms with van der Waals surface area (Å²) in [5, 5.41) is 0. The van der Waals surface area contributed by atoms with Crippen molar-refractivity contribution in [3.8, 4) is 5.75 Å². The number of nitrogens with one attached hydrogen (secondary N) is 1. The van der Waals surface area contributed by atoms with E-state index in [1.165, 1.54) is 12.1 Å². The third-order valence-electron chi connectivity index (χ3n) is 1.68. The predicted molar refractivity (Wildman–Crippen MR) is 54.0 cm³/mol. The Morgan fingerprint density at radius 1 is 1.35 bits per heavy atom. The van der Waals surface area contributed by atoms with Crippen LogP contribution < -0.4 is 9.46 Å². The van der Waals surface area contributed by atoms with Crippen LogP contribution in [0.1, 0.15) is 6.92 Å². The molecule has 8 heteroatoms. The standard InChI is InChI=1S/C9H10F3NO3S/c1-2-13-17(14,15)8-5-3-4-7(6-8)16-9(10,11)12/h3-6,13H,2H2,1H3. The lowest BCUT2D eigenvalue weighted by atomic mass is 10.3. The summed E-state index contributed by atoms with van der Waals surface area (Å²) in [7, 11) is -3.79. The van der Waals surface area contributed by atoms with E-state index in [4.69, 9.17) is 0 Å². The minimum atomic E-state index is -4.85. The van der Waals surface area contributed by atoms with Gasteiger partial charge in [-0.3, -0.25) is 0 Å². The van der Waals surface area contributed by atoms with E-state index in [1.807, 2.05) is 0 Å². The molecular formula is C9H10F3NO3S. The summed E-state index contributed by atoms with van der Waals surface area (Å²) in [4.78, 5) is -0.277. The number of hydrogen-bond donors (Lipinski definition) is 1. The molecule has 0 aliphatic carbocycles. The number of ether oxygens (including phenoxy) is 1. The highest BCUT2D eigenvalue weighted by molar-refractivity contribution is 7.89. The average Bonchev–Trinajstić information content (AvgIpc) is 2.15. The van der Waals surface area contributed by atoms with Gasteiger partial charge in [0.05, 0.1) is 4.90 Å². The summed E-state index contributed by atoms with van der Waals surface area (Å²) < 4.78 is 64.6. The van der Waals surface area contributed by atoms with Crippen molar-refractivity contribution in [1.29, 1.82) is 0 Å². The van der Waals surface area contributed by atoms with Crippen molar-refractivity contribution in [3.63, 3.8) is 0 Å². The quantitative estimate of drug-likeness (QED) is 0.908. The Morgan fingerprint density at radius 2 is 2.00 bits per heavy atom. The first-order valence-corrected chi connectivity index (χ1v) is 6.08. The van der Waals surface area contributed by atoms with Gasteiger partial charge in [-0.25, -0.2) is 13.1 Å². The van der Waals surface area contributed by atoms with Gasteiger partial charge in [-0.05, 0) is 12.1 Å². The normalized spacial score (nSPS) is 12.5. The maximum atomic E-state index is 11.9. The molecule has 4 nitrogen and oxygen atoms in total. The van der Waals surface area contributed by atoms with E-state index in [1.54, 1.807) is 6.92 Å². The third-order valence-corrected chi connectivity index (χ3v) is 3.23. The van der Waals surface area contributed by atoms with Crippen LogP contribution in [-0.4, -0.2) is 21.3 Å². The second kappa shape index (κ2) is 4.92. The number of rotatable bonds is 4. The zero-order valence-corrected chi connectivity index (χ0v) is 9.60. The van der Waals surface area contributed by atoms with Crippen molar-refractivity contribution in [2.45, 2.75) is 18.2 Å². The molecule has 96 valence electrons. The van der Waals surface area contributed by atoms with Crippen LogP contribution in [0.4, 0.5) is 13.2 Å². The molecule has 1 aromatic rings. The van der Waals surface area contributed by atoms with Crippen molar-refractivity contribution in [3.05, 3.63) is 24.3 Å². The van der Waals surface area contributed by atoms with E-state index in [-0.39, 0.29) is 11.4 Å². The number of sulfonamides is 1. The third kappa shape index (κ3) is 4.23. The molecule has 0 aliphatic heterocycles. The van der Waals surface area contributed by atoms with E-state index in [9.17, 15) is 21.6 Å². The predicted octanol–water partition coefficient (Wildman–Crippen LogP) is 1.88. The van der Waals surface area contributed by atoms with E-state index < -0.39 is 22.1 Å². The largest absolute Gasteiger partial charge is 0.573 e. The lowest BCUT2D eigenvalue weighted by Gasteiger charge is -2.10. The minimum Gasteiger partial charge on any atom is -0.406 e. The number of hydrogen-bond acceptors (Lipinski definition) is 3. The van der Waals surface area contributed by atoms with Gasteiger partial charge in [-0.15, -0.1) is 13.2 Å². The summed E-state index contributed by atoms with van der Waals surface area (Å²) in [6, 6.07) is 4.19. The molecule has 0 saturated heterocycles. The Hall–Kier alpha value is -1.28. The van der Waals surface area contributed by atoms with Gasteiger partial charge in [0.2, 0.25) is 10.0 Å². The molecule has 0 radical (unpaired) electrons. The highest BCUT2D eigenvalue weighted by Crippen LogP contribution is 2.24. The van der Waals surface area contributed by atoms with Crippen LogP contribution in [0, 0.1) is 0 Å². The highest BCUT2D eigenvalue weighted by atomic mass is 32.2. The van der Waals surface area contributed by atoms with Crippen LogP contribution in [0.5, 0.6) is 5.75 Å². The average molecular weight is 269 g/mol. The monoisotopic (exact) mass is 269 g/mol. The van der Waals surface area contributed by atoms with Gasteiger partial charge in [0.1, 0.15) is 5.75 Å². The van der Waals surface area contributed by atoms with Crippen LogP contribution in [0.25, 0.3) is 0 Å². The first-order chi connectivity index (χ1) is 7.74. The zero-order valence-electron chi connectivity index (χ0n) is 8.78. The second-order valence-electron chi connectivity index (χ2n) is 3.02. The number of halogens is 3. The fraction of sp³-hybridized carbons (Fsp3) is 0.333. The zero-order chi connectivity index (χ0) is 13.1. The van der Waals surface area contributed by atoms with Crippen LogP contribution in [0.2, 0.25) is 0 Å². The second-order valence-corrected chi connectivity index (χ2v) is 4.79. The van der Waals surface area contributed by atoms with Crippen LogP contribution in [0.15, 0.2) is 29.2 Å². The molecule has 1 aromatic carbocycles. The highest BCUT2D eigenvalue weighted by Gasteiger charge is 2.31. The topological polar surface area (TPSA) is 55.4 Å². The molecule has 0 heterocycles. The van der Waals surface area contributed by atoms with E-state index in [2.05, 4.69) is 9.46 Å². The molecule has 1 rings (SSSR count). The maximum Gasteiger partial charge on any atom is 0.573 e. The van der Waals surface area contributed by atoms with E-state index in [0.717, 1.165) is 12.1 Å². The number of alkyl halides is 3. The van der Waals surface area contributed by atoms with Crippen LogP contribution in [0.3, 0.4) is 0 Å². The molecule has 0 fully saturated rings. The molecule has 0 unspecified atom stereocenters. The maximum absolute atomic E-state index is 11.9. The molecule has 0 atom stereocenters. The van der Waals surface area contributed by atoms with Crippen molar-refractivity contribution < 1.29 is 26.3 Å². The van der Waals surface area contributed by atoms with Gasteiger partial charge >= 0.3 is 6.36 Å². The Bertz CT molecular complexity index is 485. The Balaban J connectivity index is 3.02. The Labute approximate surface area is 96.4 Å². The molecule has 0 aliphatic rings. The van der Waals surface area contributed by atoms with Gasteiger partial charge in [0.15, 0.2) is 0 Å². The summed E-state index contributed by atoms with van der Waals surface area (Å²) in [5.74, 6) is -0.573. The summed E-state index contributed by atoms with van der Waals surface area (Å²) in [5.41, 5.74) is 0. The molecular weight excluding hydrogens is 259 g/mol. The van der Waals surface area contributed by atoms with Gasteiger partial charge in [-0.1, -0.05) is 13.0 Å². The van der Waals surface area contributed by atoms with Crippen LogP contribution in [-0.2, 0) is 10.0 Å². The molecule has 0 bridgehead atoms. The van der Waals surface area contributed by atoms with Crippen molar-refractivity contribution in [2.24, 2.45) is 0 Å². The summed E-state index contributed by atoms with van der Waals surface area (Å²) in [6.45, 7) is 1.71. The van der Waals surface area contributed by atoms with E-state index in [0.29, 0.717) is 0 Å². The molecule has 1 N–H and O–H groups in total. The fourth-order valence-electron chi connectivity index (χ4n) is 1.11. The Kier molecular flexibility index (Phi) is 3.99. The van der Waals surface area contributed by atoms with Crippen molar-refractivity contribution in [2.75, 3.05) is 6.54 Å². The molecule has 0 saturated carbocycles. The molecule has 0 amide bonds. The number of benzene rings is 1. The first-order valence-electron chi connectivity index (χ1n) is 4.60. The molecule has 0 aromatic heterocycles. The lowest BCUT2D eigenvalue weighted by molar-refractivity contribution is -0.274. The fourth-order valence-corrected chi connectivity index (χ4v) is 2.19. The smallest absolute Gasteiger partial charge is 0.406 e. The first kappa shape index (κ1) is 13.8. The summed E-state index contributed by atoms with van der Waals surface area (Å²) >= 11 is 0. The minimum absolute atomic E-state index is 0.146. The van der Waals surface area contributed by atoms with Crippen molar-refractivity contribution >= 4 is 10.0 Å². The van der Waals surface area contributed by atoms with Gasteiger partial charge in [-0.2, -0.15) is 0 Å². The molecule has 0 spiro atoms. The van der Waals surface area contributed by atoms with Crippen molar-refractivity contribution in [1.82, 2.24) is 4.72 Å².